The zero-order valence-corrected chi connectivity index (χ0v) is 24.6. The van der Waals surface area contributed by atoms with E-state index in [9.17, 15) is 14.4 Å². The number of aryl methyl sites for hydroxylation is 3. The highest BCUT2D eigenvalue weighted by molar-refractivity contribution is 6.04. The maximum absolute atomic E-state index is 13.0. The van der Waals surface area contributed by atoms with E-state index >= 15 is 0 Å². The summed E-state index contributed by atoms with van der Waals surface area (Å²) in [5.41, 5.74) is 8.74. The van der Waals surface area contributed by atoms with Crippen LogP contribution in [0.5, 0.6) is 11.5 Å². The average Bonchev–Trinajstić information content (AvgIpc) is 3.51. The molecule has 5 rings (SSSR count). The van der Waals surface area contributed by atoms with Crippen molar-refractivity contribution in [3.05, 3.63) is 107 Å². The topological polar surface area (TPSA) is 92.7 Å². The van der Waals surface area contributed by atoms with Crippen LogP contribution in [0.2, 0.25) is 0 Å². The van der Waals surface area contributed by atoms with Crippen molar-refractivity contribution < 1.29 is 19.1 Å². The monoisotopic (exact) mass is 564 g/mol. The highest BCUT2D eigenvalue weighted by Gasteiger charge is 2.35. The van der Waals surface area contributed by atoms with Crippen molar-refractivity contribution >= 4 is 29.1 Å². The Morgan fingerprint density at radius 2 is 1.55 bits per heavy atom. The minimum absolute atomic E-state index is 0.104. The first kappa shape index (κ1) is 28.7. The molecule has 3 aromatic carbocycles. The van der Waals surface area contributed by atoms with Gasteiger partial charge in [0.15, 0.2) is 0 Å². The van der Waals surface area contributed by atoms with E-state index in [1.807, 2.05) is 63.2 Å². The van der Waals surface area contributed by atoms with Crippen molar-refractivity contribution in [1.82, 2.24) is 4.68 Å². The van der Waals surface area contributed by atoms with Crippen LogP contribution < -0.4 is 20.4 Å². The Hall–Kier alpha value is -4.85. The number of amides is 3. The minimum Gasteiger partial charge on any atom is -0.457 e. The van der Waals surface area contributed by atoms with Gasteiger partial charge in [-0.15, -0.1) is 0 Å². The molecule has 1 aliphatic rings. The summed E-state index contributed by atoms with van der Waals surface area (Å²) < 4.78 is 7.92. The number of carbonyl (C=O) groups excluding carboxylic acids is 3. The smallest absolute Gasteiger partial charge is 0.270 e. The van der Waals surface area contributed by atoms with Crippen LogP contribution in [0.15, 0.2) is 78.9 Å². The summed E-state index contributed by atoms with van der Waals surface area (Å²) in [5.74, 6) is 0.759. The molecule has 2 N–H and O–H groups in total. The van der Waals surface area contributed by atoms with Gasteiger partial charge < -0.3 is 15.0 Å². The Labute approximate surface area is 246 Å². The molecule has 216 valence electrons. The minimum atomic E-state index is -0.489. The maximum atomic E-state index is 13.0. The fourth-order valence-corrected chi connectivity index (χ4v) is 5.12. The molecule has 0 saturated carbocycles. The Morgan fingerprint density at radius 3 is 2.19 bits per heavy atom. The molecule has 1 saturated heterocycles. The maximum Gasteiger partial charge on any atom is 0.270 e. The molecule has 0 aliphatic carbocycles. The summed E-state index contributed by atoms with van der Waals surface area (Å²) in [5, 5.41) is 2.89. The van der Waals surface area contributed by atoms with Crippen LogP contribution in [0.4, 0.5) is 11.4 Å². The molecule has 1 fully saturated rings. The lowest BCUT2D eigenvalue weighted by Gasteiger charge is -2.18. The molecule has 2 heterocycles. The third-order valence-electron chi connectivity index (χ3n) is 7.56. The quantitative estimate of drug-likeness (QED) is 0.249. The van der Waals surface area contributed by atoms with Gasteiger partial charge in [0.1, 0.15) is 11.5 Å². The molecule has 0 radical (unpaired) electrons. The third-order valence-corrected chi connectivity index (χ3v) is 7.56. The average molecular weight is 565 g/mol. The van der Waals surface area contributed by atoms with Gasteiger partial charge in [0.05, 0.1) is 5.92 Å². The van der Waals surface area contributed by atoms with E-state index in [-0.39, 0.29) is 30.7 Å². The van der Waals surface area contributed by atoms with E-state index in [0.29, 0.717) is 22.9 Å². The number of carbonyl (C=O) groups is 3. The Balaban J connectivity index is 1.18. The van der Waals surface area contributed by atoms with Crippen molar-refractivity contribution in [2.75, 3.05) is 22.2 Å². The molecule has 0 bridgehead atoms. The second-order valence-electron chi connectivity index (χ2n) is 11.2. The molecule has 3 amide bonds. The van der Waals surface area contributed by atoms with Crippen molar-refractivity contribution in [3.8, 4) is 11.5 Å². The lowest BCUT2D eigenvalue weighted by atomic mass is 10.0. The van der Waals surface area contributed by atoms with Crippen molar-refractivity contribution in [2.45, 2.75) is 47.0 Å². The number of benzene rings is 3. The number of nitrogens with one attached hydrogen (secondary N) is 2. The first-order valence-corrected chi connectivity index (χ1v) is 14.1. The van der Waals surface area contributed by atoms with E-state index < -0.39 is 5.92 Å². The SMILES string of the molecule is Cc1ccc(C(C)C)c(Oc2ccc(N3C[C@H](C(=O)Nc4ccc(C(=O)Nn5c(C)ccc5C)cc4)CC3=O)cc2)c1. The first-order chi connectivity index (χ1) is 20.1. The number of anilines is 2. The van der Waals surface area contributed by atoms with Crippen LogP contribution in [0.1, 0.15) is 59.1 Å². The van der Waals surface area contributed by atoms with Crippen LogP contribution >= 0.6 is 0 Å². The summed E-state index contributed by atoms with van der Waals surface area (Å²) in [6.45, 7) is 10.4. The molecule has 0 spiro atoms. The van der Waals surface area contributed by atoms with Gasteiger partial charge in [-0.3, -0.25) is 24.5 Å². The lowest BCUT2D eigenvalue weighted by Crippen LogP contribution is -2.28. The molecule has 42 heavy (non-hydrogen) atoms. The number of aromatic nitrogens is 1. The Bertz CT molecular complexity index is 1600. The van der Waals surface area contributed by atoms with Crippen LogP contribution in [0.3, 0.4) is 0 Å². The summed E-state index contributed by atoms with van der Waals surface area (Å²) in [6, 6.07) is 24.2. The molecule has 1 aromatic heterocycles. The summed E-state index contributed by atoms with van der Waals surface area (Å²) in [4.78, 5) is 40.2. The Kier molecular flexibility index (Phi) is 8.15. The standard InChI is InChI=1S/C34H36N4O4/c1-21(2)30-17-6-22(3)18-31(30)42-29-15-13-28(14-16-29)37-20-26(19-32(37)39)33(40)35-27-11-9-25(10-12-27)34(41)36-38-23(4)7-8-24(38)5/h6-18,21,26H,19-20H2,1-5H3,(H,35,40)(H,36,41)/t26-/m1/s1. The highest BCUT2D eigenvalue weighted by atomic mass is 16.5. The van der Waals surface area contributed by atoms with Gasteiger partial charge in [0.2, 0.25) is 11.8 Å². The first-order valence-electron chi connectivity index (χ1n) is 14.1. The van der Waals surface area contributed by atoms with Gasteiger partial charge in [-0.2, -0.15) is 0 Å². The zero-order valence-electron chi connectivity index (χ0n) is 24.6. The summed E-state index contributed by atoms with van der Waals surface area (Å²) >= 11 is 0. The van der Waals surface area contributed by atoms with Crippen LogP contribution in [0.25, 0.3) is 0 Å². The van der Waals surface area contributed by atoms with Crippen LogP contribution in [-0.2, 0) is 9.59 Å². The molecule has 8 heteroatoms. The number of rotatable bonds is 8. The van der Waals surface area contributed by atoms with Gasteiger partial charge in [-0.25, -0.2) is 0 Å². The van der Waals surface area contributed by atoms with E-state index in [1.165, 1.54) is 0 Å². The predicted molar refractivity (Wildman–Crippen MR) is 165 cm³/mol. The van der Waals surface area contributed by atoms with Gasteiger partial charge in [0.25, 0.3) is 5.91 Å². The van der Waals surface area contributed by atoms with Crippen molar-refractivity contribution in [3.63, 3.8) is 0 Å². The Morgan fingerprint density at radius 1 is 0.881 bits per heavy atom. The fraction of sp³-hybridized carbons (Fsp3) is 0.265. The summed E-state index contributed by atoms with van der Waals surface area (Å²) in [7, 11) is 0. The normalized spacial score (nSPS) is 14.8. The molecule has 8 nitrogen and oxygen atoms in total. The molecule has 1 atom stereocenters. The van der Waals surface area contributed by atoms with Crippen LogP contribution in [0, 0.1) is 26.7 Å². The molecule has 1 aliphatic heterocycles. The molecular formula is C34H36N4O4. The zero-order chi connectivity index (χ0) is 30.0. The number of hydrogen-bond donors (Lipinski definition) is 2. The molecular weight excluding hydrogens is 528 g/mol. The molecule has 4 aromatic rings. The number of ether oxygens (including phenoxy) is 1. The van der Waals surface area contributed by atoms with Crippen LogP contribution in [-0.4, -0.2) is 28.9 Å². The highest BCUT2D eigenvalue weighted by Crippen LogP contribution is 2.33. The van der Waals surface area contributed by atoms with E-state index in [1.54, 1.807) is 33.8 Å². The van der Waals surface area contributed by atoms with Gasteiger partial charge in [-0.05, 0) is 105 Å². The second kappa shape index (κ2) is 11.9. The van der Waals surface area contributed by atoms with Crippen molar-refractivity contribution in [2.24, 2.45) is 5.92 Å². The second-order valence-corrected chi connectivity index (χ2v) is 11.2. The lowest BCUT2D eigenvalue weighted by molar-refractivity contribution is -0.122. The number of hydrogen-bond acceptors (Lipinski definition) is 4. The third kappa shape index (κ3) is 6.22. The number of nitrogens with zero attached hydrogens (tertiary/aromatic N) is 2. The van der Waals surface area contributed by atoms with E-state index in [4.69, 9.17) is 4.74 Å². The fourth-order valence-electron chi connectivity index (χ4n) is 5.12. The summed E-state index contributed by atoms with van der Waals surface area (Å²) in [6.07, 6.45) is 0.126. The van der Waals surface area contributed by atoms with Gasteiger partial charge >= 0.3 is 0 Å². The van der Waals surface area contributed by atoms with E-state index in [0.717, 1.165) is 34.0 Å². The van der Waals surface area contributed by atoms with Gasteiger partial charge in [0, 0.05) is 41.3 Å². The van der Waals surface area contributed by atoms with Gasteiger partial charge in [-0.1, -0.05) is 26.0 Å². The largest absolute Gasteiger partial charge is 0.457 e. The molecule has 0 unspecified atom stereocenters. The predicted octanol–water partition coefficient (Wildman–Crippen LogP) is 6.70. The van der Waals surface area contributed by atoms with E-state index in [2.05, 4.69) is 36.7 Å². The van der Waals surface area contributed by atoms with Crippen molar-refractivity contribution in [1.29, 1.82) is 0 Å².